The molecule has 0 atom stereocenters. The molecule has 3 nitrogen and oxygen atoms in total. The highest BCUT2D eigenvalue weighted by Crippen LogP contribution is 2.18. The van der Waals surface area contributed by atoms with Crippen molar-refractivity contribution in [2.75, 3.05) is 40.8 Å². The Hall–Kier alpha value is -0.420. The van der Waals surface area contributed by atoms with Gasteiger partial charge in [0.05, 0.1) is 0 Å². The summed E-state index contributed by atoms with van der Waals surface area (Å²) in [6.07, 6.45) is 1.23. The van der Waals surface area contributed by atoms with Gasteiger partial charge >= 0.3 is 0 Å². The van der Waals surface area contributed by atoms with Crippen LogP contribution in [0.4, 0.5) is 0 Å². The highest BCUT2D eigenvalue weighted by molar-refractivity contribution is 7.11. The Labute approximate surface area is 129 Å². The summed E-state index contributed by atoms with van der Waals surface area (Å²) < 4.78 is 0. The number of thiophene rings is 1. The molecule has 1 heterocycles. The molecule has 0 saturated heterocycles. The van der Waals surface area contributed by atoms with Gasteiger partial charge in [0.25, 0.3) is 0 Å². The van der Waals surface area contributed by atoms with Gasteiger partial charge in [-0.3, -0.25) is 0 Å². The first-order valence-electron chi connectivity index (χ1n) is 7.59. The predicted molar refractivity (Wildman–Crippen MR) is 90.4 cm³/mol. The van der Waals surface area contributed by atoms with Crippen molar-refractivity contribution < 1.29 is 0 Å². The standard InChI is InChI=1S/C16H31N3S/c1-14(2)11-17-12-15-7-8-16(20-15)13-19(5)10-6-9-18(3)4/h7-8,14,17H,6,9-13H2,1-5H3. The van der Waals surface area contributed by atoms with Crippen LogP contribution in [0.2, 0.25) is 0 Å². The molecule has 0 spiro atoms. The van der Waals surface area contributed by atoms with Gasteiger partial charge in [0.1, 0.15) is 0 Å². The maximum atomic E-state index is 3.51. The molecule has 116 valence electrons. The fourth-order valence-corrected chi connectivity index (χ4v) is 3.16. The van der Waals surface area contributed by atoms with Crippen molar-refractivity contribution in [2.45, 2.75) is 33.4 Å². The van der Waals surface area contributed by atoms with E-state index in [-0.39, 0.29) is 0 Å². The maximum absolute atomic E-state index is 3.51. The zero-order valence-corrected chi connectivity index (χ0v) is 14.6. The van der Waals surface area contributed by atoms with Gasteiger partial charge in [0, 0.05) is 22.8 Å². The van der Waals surface area contributed by atoms with E-state index in [2.05, 4.69) is 62.2 Å². The second-order valence-electron chi connectivity index (χ2n) is 6.29. The van der Waals surface area contributed by atoms with Crippen LogP contribution in [0.15, 0.2) is 12.1 Å². The lowest BCUT2D eigenvalue weighted by atomic mass is 10.2. The summed E-state index contributed by atoms with van der Waals surface area (Å²) in [5.74, 6) is 0.720. The summed E-state index contributed by atoms with van der Waals surface area (Å²) in [5.41, 5.74) is 0. The summed E-state index contributed by atoms with van der Waals surface area (Å²) in [7, 11) is 6.48. The molecule has 1 N–H and O–H groups in total. The third-order valence-corrected chi connectivity index (χ3v) is 4.21. The van der Waals surface area contributed by atoms with E-state index >= 15 is 0 Å². The lowest BCUT2D eigenvalue weighted by Crippen LogP contribution is -2.23. The van der Waals surface area contributed by atoms with Crippen LogP contribution in [0.3, 0.4) is 0 Å². The Morgan fingerprint density at radius 3 is 2.45 bits per heavy atom. The quantitative estimate of drug-likeness (QED) is 0.716. The molecule has 20 heavy (non-hydrogen) atoms. The van der Waals surface area contributed by atoms with E-state index in [4.69, 9.17) is 0 Å². The second-order valence-corrected chi connectivity index (χ2v) is 7.54. The minimum absolute atomic E-state index is 0.720. The zero-order valence-electron chi connectivity index (χ0n) is 13.8. The maximum Gasteiger partial charge on any atom is 0.0324 e. The summed E-state index contributed by atoms with van der Waals surface area (Å²) in [4.78, 5) is 7.58. The fourth-order valence-electron chi connectivity index (χ4n) is 2.09. The molecule has 1 rings (SSSR count). The van der Waals surface area contributed by atoms with Gasteiger partial charge < -0.3 is 15.1 Å². The van der Waals surface area contributed by atoms with Gasteiger partial charge in [-0.15, -0.1) is 11.3 Å². The van der Waals surface area contributed by atoms with E-state index in [1.165, 1.54) is 22.7 Å². The normalized spacial score (nSPS) is 12.0. The van der Waals surface area contributed by atoms with Crippen LogP contribution in [-0.2, 0) is 13.1 Å². The van der Waals surface area contributed by atoms with Gasteiger partial charge in [0.15, 0.2) is 0 Å². The average molecular weight is 298 g/mol. The topological polar surface area (TPSA) is 18.5 Å². The van der Waals surface area contributed by atoms with Crippen molar-refractivity contribution in [1.82, 2.24) is 15.1 Å². The van der Waals surface area contributed by atoms with Crippen LogP contribution in [0.5, 0.6) is 0 Å². The highest BCUT2D eigenvalue weighted by atomic mass is 32.1. The summed E-state index contributed by atoms with van der Waals surface area (Å²) in [6, 6.07) is 4.54. The van der Waals surface area contributed by atoms with E-state index < -0.39 is 0 Å². The number of hydrogen-bond donors (Lipinski definition) is 1. The SMILES string of the molecule is CC(C)CNCc1ccc(CN(C)CCCN(C)C)s1. The molecule has 0 bridgehead atoms. The average Bonchev–Trinajstić information content (AvgIpc) is 2.75. The van der Waals surface area contributed by atoms with Gasteiger partial charge in [-0.2, -0.15) is 0 Å². The molecule has 0 saturated carbocycles. The molecule has 0 fully saturated rings. The first-order valence-corrected chi connectivity index (χ1v) is 8.40. The van der Waals surface area contributed by atoms with Crippen molar-refractivity contribution in [1.29, 1.82) is 0 Å². The summed E-state index contributed by atoms with van der Waals surface area (Å²) >= 11 is 1.94. The highest BCUT2D eigenvalue weighted by Gasteiger charge is 2.04. The first kappa shape index (κ1) is 17.6. The van der Waals surface area contributed by atoms with Crippen molar-refractivity contribution in [3.63, 3.8) is 0 Å². The monoisotopic (exact) mass is 297 g/mol. The zero-order chi connectivity index (χ0) is 15.0. The molecule has 0 aliphatic rings. The number of rotatable bonds is 10. The Bertz CT molecular complexity index is 360. The first-order chi connectivity index (χ1) is 9.47. The van der Waals surface area contributed by atoms with Gasteiger partial charge in [0.2, 0.25) is 0 Å². The fraction of sp³-hybridized carbons (Fsp3) is 0.750. The number of nitrogens with zero attached hydrogens (tertiary/aromatic N) is 2. The van der Waals surface area contributed by atoms with Gasteiger partial charge in [-0.05, 0) is 65.2 Å². The third-order valence-electron chi connectivity index (χ3n) is 3.14. The number of hydrogen-bond acceptors (Lipinski definition) is 4. The van der Waals surface area contributed by atoms with Crippen LogP contribution in [-0.4, -0.2) is 50.6 Å². The minimum atomic E-state index is 0.720. The second kappa shape index (κ2) is 9.50. The minimum Gasteiger partial charge on any atom is -0.312 e. The van der Waals surface area contributed by atoms with Crippen LogP contribution >= 0.6 is 11.3 Å². The Morgan fingerprint density at radius 1 is 1.10 bits per heavy atom. The molecule has 4 heteroatoms. The lowest BCUT2D eigenvalue weighted by Gasteiger charge is -2.17. The molecule has 0 aromatic carbocycles. The molecule has 0 amide bonds. The van der Waals surface area contributed by atoms with Crippen LogP contribution < -0.4 is 5.32 Å². The van der Waals surface area contributed by atoms with E-state index in [0.29, 0.717) is 0 Å². The molecule has 0 unspecified atom stereocenters. The van der Waals surface area contributed by atoms with Gasteiger partial charge in [-0.1, -0.05) is 13.8 Å². The van der Waals surface area contributed by atoms with E-state index in [1.807, 2.05) is 11.3 Å². The van der Waals surface area contributed by atoms with E-state index in [9.17, 15) is 0 Å². The molecular formula is C16H31N3S. The smallest absolute Gasteiger partial charge is 0.0324 e. The third kappa shape index (κ3) is 8.00. The van der Waals surface area contributed by atoms with Crippen molar-refractivity contribution in [2.24, 2.45) is 5.92 Å². The van der Waals surface area contributed by atoms with Crippen molar-refractivity contribution >= 4 is 11.3 Å². The molecular weight excluding hydrogens is 266 g/mol. The molecule has 1 aromatic rings. The molecule has 1 aromatic heterocycles. The lowest BCUT2D eigenvalue weighted by molar-refractivity contribution is 0.296. The van der Waals surface area contributed by atoms with Gasteiger partial charge in [-0.25, -0.2) is 0 Å². The van der Waals surface area contributed by atoms with E-state index in [0.717, 1.165) is 32.1 Å². The predicted octanol–water partition coefficient (Wildman–Crippen LogP) is 2.88. The van der Waals surface area contributed by atoms with Crippen molar-refractivity contribution in [3.8, 4) is 0 Å². The Kier molecular flexibility index (Phi) is 8.38. The number of nitrogens with one attached hydrogen (secondary N) is 1. The largest absolute Gasteiger partial charge is 0.312 e. The molecule has 0 aliphatic heterocycles. The van der Waals surface area contributed by atoms with Crippen LogP contribution in [0.25, 0.3) is 0 Å². The molecule has 0 radical (unpaired) electrons. The summed E-state index contributed by atoms with van der Waals surface area (Å²) in [6.45, 7) is 9.99. The van der Waals surface area contributed by atoms with Crippen molar-refractivity contribution in [3.05, 3.63) is 21.9 Å². The van der Waals surface area contributed by atoms with Crippen LogP contribution in [0.1, 0.15) is 30.0 Å². The summed E-state index contributed by atoms with van der Waals surface area (Å²) in [5, 5.41) is 3.51. The van der Waals surface area contributed by atoms with E-state index in [1.54, 1.807) is 0 Å². The van der Waals surface area contributed by atoms with Crippen LogP contribution in [0, 0.1) is 5.92 Å². The molecule has 0 aliphatic carbocycles. The Balaban J connectivity index is 2.25. The Morgan fingerprint density at radius 2 is 1.80 bits per heavy atom.